The summed E-state index contributed by atoms with van der Waals surface area (Å²) in [5, 5.41) is 3.67. The van der Waals surface area contributed by atoms with Crippen LogP contribution in [0.1, 0.15) is 57.8 Å². The maximum Gasteiger partial charge on any atom is 0.00702 e. The van der Waals surface area contributed by atoms with Crippen molar-refractivity contribution in [2.45, 2.75) is 63.8 Å². The van der Waals surface area contributed by atoms with E-state index in [1.807, 2.05) is 0 Å². The molecule has 1 N–H and O–H groups in total. The molecule has 2 fully saturated rings. The molecule has 2 bridgehead atoms. The van der Waals surface area contributed by atoms with Gasteiger partial charge in [-0.15, -0.1) is 0 Å². The average molecular weight is 181 g/mol. The van der Waals surface area contributed by atoms with Gasteiger partial charge in [0, 0.05) is 6.04 Å². The summed E-state index contributed by atoms with van der Waals surface area (Å²) in [6, 6.07) is 0.878. The zero-order valence-corrected chi connectivity index (χ0v) is 8.73. The molecule has 1 heteroatoms. The fourth-order valence-corrected chi connectivity index (χ4v) is 2.87. The van der Waals surface area contributed by atoms with Gasteiger partial charge in [-0.25, -0.2) is 0 Å². The van der Waals surface area contributed by atoms with E-state index < -0.39 is 0 Å². The van der Waals surface area contributed by atoms with Crippen LogP contribution in [-0.4, -0.2) is 12.6 Å². The lowest BCUT2D eigenvalue weighted by Crippen LogP contribution is -2.21. The van der Waals surface area contributed by atoms with Gasteiger partial charge in [0.05, 0.1) is 0 Å². The zero-order valence-electron chi connectivity index (χ0n) is 8.73. The molecule has 76 valence electrons. The van der Waals surface area contributed by atoms with Gasteiger partial charge in [-0.05, 0) is 31.7 Å². The highest BCUT2D eigenvalue weighted by Gasteiger charge is 2.23. The first-order valence-corrected chi connectivity index (χ1v) is 6.18. The molecule has 1 aliphatic carbocycles. The average Bonchev–Trinajstić information content (AvgIpc) is 2.52. The van der Waals surface area contributed by atoms with Gasteiger partial charge in [0.25, 0.3) is 0 Å². The standard InChI is InChI=1S/C12H23N/c1-2-4-6-8-12-9-11(10-13-12)7-5-3-1/h11-13H,1-10H2. The van der Waals surface area contributed by atoms with E-state index in [2.05, 4.69) is 5.32 Å². The molecular weight excluding hydrogens is 158 g/mol. The van der Waals surface area contributed by atoms with Crippen LogP contribution in [0.2, 0.25) is 0 Å². The van der Waals surface area contributed by atoms with E-state index in [-0.39, 0.29) is 0 Å². The topological polar surface area (TPSA) is 12.0 Å². The van der Waals surface area contributed by atoms with E-state index in [1.54, 1.807) is 0 Å². The van der Waals surface area contributed by atoms with E-state index in [4.69, 9.17) is 0 Å². The monoisotopic (exact) mass is 181 g/mol. The SMILES string of the molecule is C1CCCCC2CC(CCC1)CN2. The van der Waals surface area contributed by atoms with Crippen LogP contribution in [0.4, 0.5) is 0 Å². The van der Waals surface area contributed by atoms with Crippen LogP contribution in [0, 0.1) is 5.92 Å². The van der Waals surface area contributed by atoms with Crippen molar-refractivity contribution in [2.24, 2.45) is 5.92 Å². The lowest BCUT2D eigenvalue weighted by Gasteiger charge is -2.08. The molecule has 0 amide bonds. The van der Waals surface area contributed by atoms with Crippen LogP contribution >= 0.6 is 0 Å². The maximum atomic E-state index is 3.67. The quantitative estimate of drug-likeness (QED) is 0.605. The van der Waals surface area contributed by atoms with Crippen LogP contribution in [0.3, 0.4) is 0 Å². The largest absolute Gasteiger partial charge is 0.314 e. The number of nitrogens with one attached hydrogen (secondary N) is 1. The zero-order chi connectivity index (χ0) is 8.93. The van der Waals surface area contributed by atoms with Crippen molar-refractivity contribution in [1.82, 2.24) is 5.32 Å². The first-order chi connectivity index (χ1) is 6.45. The van der Waals surface area contributed by atoms with E-state index in [0.29, 0.717) is 0 Å². The predicted octanol–water partition coefficient (Wildman–Crippen LogP) is 3.10. The minimum absolute atomic E-state index is 0.878. The first-order valence-electron chi connectivity index (χ1n) is 6.18. The van der Waals surface area contributed by atoms with Crippen LogP contribution in [-0.2, 0) is 0 Å². The van der Waals surface area contributed by atoms with Crippen molar-refractivity contribution in [3.8, 4) is 0 Å². The maximum absolute atomic E-state index is 3.67. The minimum Gasteiger partial charge on any atom is -0.314 e. The lowest BCUT2D eigenvalue weighted by molar-refractivity contribution is 0.480. The van der Waals surface area contributed by atoms with Crippen molar-refractivity contribution in [1.29, 1.82) is 0 Å². The Kier molecular flexibility index (Phi) is 3.65. The van der Waals surface area contributed by atoms with E-state index in [9.17, 15) is 0 Å². The van der Waals surface area contributed by atoms with Crippen LogP contribution in [0.25, 0.3) is 0 Å². The second kappa shape index (κ2) is 4.99. The Bertz CT molecular complexity index is 128. The summed E-state index contributed by atoms with van der Waals surface area (Å²) in [5.74, 6) is 1.02. The van der Waals surface area contributed by atoms with E-state index in [1.165, 1.54) is 64.3 Å². The van der Waals surface area contributed by atoms with Crippen LogP contribution in [0.5, 0.6) is 0 Å². The summed E-state index contributed by atoms with van der Waals surface area (Å²) >= 11 is 0. The molecule has 2 atom stereocenters. The summed E-state index contributed by atoms with van der Waals surface area (Å²) in [4.78, 5) is 0. The Hall–Kier alpha value is -0.0400. The molecule has 13 heavy (non-hydrogen) atoms. The van der Waals surface area contributed by atoms with Gasteiger partial charge in [0.1, 0.15) is 0 Å². The van der Waals surface area contributed by atoms with Gasteiger partial charge in [0.15, 0.2) is 0 Å². The highest BCUT2D eigenvalue weighted by Crippen LogP contribution is 2.25. The second-order valence-electron chi connectivity index (χ2n) is 4.91. The summed E-state index contributed by atoms with van der Waals surface area (Å²) in [5.41, 5.74) is 0. The summed E-state index contributed by atoms with van der Waals surface area (Å²) in [6.45, 7) is 1.31. The van der Waals surface area contributed by atoms with Gasteiger partial charge < -0.3 is 5.32 Å². The fourth-order valence-electron chi connectivity index (χ4n) is 2.87. The van der Waals surface area contributed by atoms with Crippen LogP contribution in [0.15, 0.2) is 0 Å². The van der Waals surface area contributed by atoms with Gasteiger partial charge in [-0.1, -0.05) is 38.5 Å². The molecule has 1 nitrogen and oxygen atoms in total. The van der Waals surface area contributed by atoms with Crippen LogP contribution < -0.4 is 5.32 Å². The molecule has 1 saturated carbocycles. The Morgan fingerprint density at radius 3 is 2.31 bits per heavy atom. The normalized spacial score (nSPS) is 36.9. The van der Waals surface area contributed by atoms with Crippen molar-refractivity contribution in [3.05, 3.63) is 0 Å². The minimum atomic E-state index is 0.878. The van der Waals surface area contributed by atoms with E-state index in [0.717, 1.165) is 12.0 Å². The Morgan fingerprint density at radius 2 is 1.46 bits per heavy atom. The van der Waals surface area contributed by atoms with E-state index >= 15 is 0 Å². The lowest BCUT2D eigenvalue weighted by atomic mass is 9.97. The first kappa shape index (κ1) is 9.51. The fraction of sp³-hybridized carbons (Fsp3) is 1.00. The predicted molar refractivity (Wildman–Crippen MR) is 56.8 cm³/mol. The molecule has 2 unspecified atom stereocenters. The molecule has 0 aromatic carbocycles. The second-order valence-corrected chi connectivity index (χ2v) is 4.91. The molecule has 1 saturated heterocycles. The third-order valence-electron chi connectivity index (χ3n) is 3.73. The molecule has 0 radical (unpaired) electrons. The summed E-state index contributed by atoms with van der Waals surface area (Å²) in [6.07, 6.45) is 13.3. The third-order valence-corrected chi connectivity index (χ3v) is 3.73. The number of rotatable bonds is 0. The Morgan fingerprint density at radius 1 is 0.769 bits per heavy atom. The number of hydrogen-bond donors (Lipinski definition) is 1. The molecule has 2 aliphatic rings. The summed E-state index contributed by atoms with van der Waals surface area (Å²) < 4.78 is 0. The van der Waals surface area contributed by atoms with Gasteiger partial charge in [-0.2, -0.15) is 0 Å². The molecule has 1 heterocycles. The number of fused-ring (bicyclic) bond motifs is 2. The number of hydrogen-bond acceptors (Lipinski definition) is 1. The molecule has 0 aromatic rings. The Balaban J connectivity index is 1.79. The van der Waals surface area contributed by atoms with Gasteiger partial charge in [0.2, 0.25) is 0 Å². The highest BCUT2D eigenvalue weighted by molar-refractivity contribution is 4.81. The molecule has 1 aliphatic heterocycles. The molecular formula is C12H23N. The van der Waals surface area contributed by atoms with Crippen molar-refractivity contribution < 1.29 is 0 Å². The van der Waals surface area contributed by atoms with Crippen molar-refractivity contribution in [3.63, 3.8) is 0 Å². The Labute approximate surface area is 82.3 Å². The third kappa shape index (κ3) is 2.98. The molecule has 0 aromatic heterocycles. The summed E-state index contributed by atoms with van der Waals surface area (Å²) in [7, 11) is 0. The smallest absolute Gasteiger partial charge is 0.00702 e. The van der Waals surface area contributed by atoms with Crippen molar-refractivity contribution in [2.75, 3.05) is 6.54 Å². The highest BCUT2D eigenvalue weighted by atomic mass is 14.9. The van der Waals surface area contributed by atoms with Crippen molar-refractivity contribution >= 4 is 0 Å². The van der Waals surface area contributed by atoms with Gasteiger partial charge >= 0.3 is 0 Å². The molecule has 0 spiro atoms. The van der Waals surface area contributed by atoms with Gasteiger partial charge in [-0.3, -0.25) is 0 Å². The molecule has 2 rings (SSSR count).